The third kappa shape index (κ3) is 2.75. The Balaban J connectivity index is 1.47. The number of aromatic amines is 1. The summed E-state index contributed by atoms with van der Waals surface area (Å²) in [5, 5.41) is 7.55. The highest BCUT2D eigenvalue weighted by atomic mass is 16.5. The molecular weight excluding hydrogens is 432 g/mol. The molecular formula is C26H26N4O4. The van der Waals surface area contributed by atoms with Crippen LogP contribution in [0.3, 0.4) is 0 Å². The zero-order valence-electron chi connectivity index (χ0n) is 19.1. The van der Waals surface area contributed by atoms with Crippen LogP contribution in [-0.4, -0.2) is 53.9 Å². The van der Waals surface area contributed by atoms with Crippen molar-refractivity contribution in [3.8, 4) is 0 Å². The maximum atomic E-state index is 13.7. The Morgan fingerprint density at radius 1 is 1.09 bits per heavy atom. The second kappa shape index (κ2) is 7.51. The molecule has 0 unspecified atom stereocenters. The first kappa shape index (κ1) is 21.1. The number of hydrogen-bond acceptors (Lipinski definition) is 5. The molecule has 4 atom stereocenters. The summed E-state index contributed by atoms with van der Waals surface area (Å²) in [6, 6.07) is 13.3. The summed E-state index contributed by atoms with van der Waals surface area (Å²) in [4.78, 5) is 45.4. The molecule has 1 spiro atoms. The maximum Gasteiger partial charge on any atom is 0.250 e. The van der Waals surface area contributed by atoms with E-state index in [0.29, 0.717) is 12.1 Å². The van der Waals surface area contributed by atoms with E-state index < -0.39 is 17.4 Å². The number of hydrogen-bond donors (Lipinski definition) is 3. The molecule has 8 heteroatoms. The molecule has 1 aromatic heterocycles. The van der Waals surface area contributed by atoms with E-state index in [4.69, 9.17) is 4.74 Å². The average molecular weight is 459 g/mol. The number of nitrogens with one attached hydrogen (secondary N) is 3. The molecule has 3 aliphatic heterocycles. The maximum absolute atomic E-state index is 13.7. The van der Waals surface area contributed by atoms with Gasteiger partial charge in [0.15, 0.2) is 0 Å². The van der Waals surface area contributed by atoms with Gasteiger partial charge in [0.05, 0.1) is 25.0 Å². The molecule has 174 valence electrons. The van der Waals surface area contributed by atoms with Crippen molar-refractivity contribution >= 4 is 34.3 Å². The predicted molar refractivity (Wildman–Crippen MR) is 126 cm³/mol. The Morgan fingerprint density at radius 2 is 1.91 bits per heavy atom. The van der Waals surface area contributed by atoms with E-state index in [1.54, 1.807) is 0 Å². The minimum absolute atomic E-state index is 0.180. The van der Waals surface area contributed by atoms with Crippen molar-refractivity contribution in [2.24, 2.45) is 11.8 Å². The summed E-state index contributed by atoms with van der Waals surface area (Å²) in [6.07, 6.45) is 2.46. The number of nitrogens with zero attached hydrogens (tertiary/aromatic N) is 1. The highest BCUT2D eigenvalue weighted by Crippen LogP contribution is 2.53. The number of para-hydroxylation sites is 1. The van der Waals surface area contributed by atoms with Crippen LogP contribution in [0.25, 0.3) is 10.9 Å². The Labute approximate surface area is 196 Å². The number of anilines is 1. The lowest BCUT2D eigenvalue weighted by molar-refractivity contribution is -0.143. The molecule has 0 radical (unpaired) electrons. The number of fused-ring (bicyclic) bond motifs is 5. The molecule has 3 amide bonds. The minimum atomic E-state index is -1.28. The molecule has 0 saturated carbocycles. The van der Waals surface area contributed by atoms with Gasteiger partial charge in [-0.1, -0.05) is 35.9 Å². The highest BCUT2D eigenvalue weighted by Gasteiger charge is 2.70. The number of rotatable bonds is 5. The van der Waals surface area contributed by atoms with Gasteiger partial charge in [-0.3, -0.25) is 24.6 Å². The molecule has 3 N–H and O–H groups in total. The summed E-state index contributed by atoms with van der Waals surface area (Å²) in [5.74, 6) is -2.29. The number of likely N-dealkylation sites (tertiary alicyclic amines) is 1. The van der Waals surface area contributed by atoms with E-state index in [0.717, 1.165) is 27.6 Å². The van der Waals surface area contributed by atoms with Crippen molar-refractivity contribution < 1.29 is 19.1 Å². The van der Waals surface area contributed by atoms with Crippen LogP contribution in [0.1, 0.15) is 16.7 Å². The number of carbonyl (C=O) groups excluding carboxylic acids is 3. The quantitative estimate of drug-likeness (QED) is 0.508. The van der Waals surface area contributed by atoms with E-state index in [-0.39, 0.29) is 36.9 Å². The fourth-order valence-corrected chi connectivity index (χ4v) is 6.09. The lowest BCUT2D eigenvalue weighted by atomic mass is 9.76. The van der Waals surface area contributed by atoms with Gasteiger partial charge in [0, 0.05) is 41.5 Å². The number of ether oxygens (including phenoxy) is 1. The lowest BCUT2D eigenvalue weighted by Gasteiger charge is -2.29. The molecule has 8 nitrogen and oxygen atoms in total. The number of amides is 3. The minimum Gasteiger partial charge on any atom is -0.383 e. The molecule has 3 aromatic rings. The number of aryl methyl sites for hydroxylation is 1. The largest absolute Gasteiger partial charge is 0.383 e. The normalized spacial score (nSPS) is 27.6. The zero-order valence-corrected chi connectivity index (χ0v) is 19.1. The monoisotopic (exact) mass is 458 g/mol. The fraction of sp³-hybridized carbons (Fsp3) is 0.346. The second-order valence-corrected chi connectivity index (χ2v) is 9.45. The first-order chi connectivity index (χ1) is 16.5. The van der Waals surface area contributed by atoms with E-state index >= 15 is 0 Å². The van der Waals surface area contributed by atoms with Gasteiger partial charge in [0.25, 0.3) is 0 Å². The summed E-state index contributed by atoms with van der Waals surface area (Å²) in [7, 11) is 1.54. The molecule has 0 aliphatic carbocycles. The number of H-pyrrole nitrogens is 1. The van der Waals surface area contributed by atoms with E-state index in [9.17, 15) is 14.4 Å². The van der Waals surface area contributed by atoms with Crippen molar-refractivity contribution in [3.63, 3.8) is 0 Å². The van der Waals surface area contributed by atoms with Gasteiger partial charge in [0.2, 0.25) is 17.7 Å². The Hall–Kier alpha value is -3.49. The Bertz CT molecular complexity index is 1350. The van der Waals surface area contributed by atoms with Crippen LogP contribution in [-0.2, 0) is 31.1 Å². The van der Waals surface area contributed by atoms with Gasteiger partial charge < -0.3 is 15.0 Å². The third-order valence-electron chi connectivity index (χ3n) is 7.60. The van der Waals surface area contributed by atoms with Crippen LogP contribution in [0.5, 0.6) is 0 Å². The SMILES string of the molecule is COCCN1C(=O)[C@@H]2[C@H](Cc3c[nH]c4ccccc34)N[C@@]3(C(=O)Nc4ccc(C)cc43)[C@@H]2C1=O. The van der Waals surface area contributed by atoms with Crippen LogP contribution in [0.4, 0.5) is 5.69 Å². The van der Waals surface area contributed by atoms with Crippen LogP contribution < -0.4 is 10.6 Å². The molecule has 6 rings (SSSR count). The van der Waals surface area contributed by atoms with Gasteiger partial charge in [-0.05, 0) is 31.0 Å². The Morgan fingerprint density at radius 3 is 2.74 bits per heavy atom. The number of aromatic nitrogens is 1. The van der Waals surface area contributed by atoms with Gasteiger partial charge in [-0.2, -0.15) is 0 Å². The van der Waals surface area contributed by atoms with E-state index in [2.05, 4.69) is 15.6 Å². The fourth-order valence-electron chi connectivity index (χ4n) is 6.09. The number of carbonyl (C=O) groups is 3. The second-order valence-electron chi connectivity index (χ2n) is 9.45. The molecule has 2 aromatic carbocycles. The van der Waals surface area contributed by atoms with E-state index in [1.807, 2.05) is 55.6 Å². The van der Waals surface area contributed by atoms with Crippen molar-refractivity contribution in [3.05, 3.63) is 65.4 Å². The van der Waals surface area contributed by atoms with Crippen molar-refractivity contribution in [2.45, 2.75) is 24.9 Å². The highest BCUT2D eigenvalue weighted by molar-refractivity contribution is 6.15. The number of benzene rings is 2. The zero-order chi connectivity index (χ0) is 23.6. The standard InChI is InChI=1S/C26H26N4O4/c1-14-7-8-19-17(11-14)26(25(33)28-19)22-21(23(31)30(24(22)32)9-10-34-2)20(29-26)12-15-13-27-18-6-4-3-5-16(15)18/h3-8,11,13,20-22,27,29H,9-10,12H2,1-2H3,(H,28,33)/t20-,21+,22-,26+/m0/s1. The molecule has 34 heavy (non-hydrogen) atoms. The van der Waals surface area contributed by atoms with Gasteiger partial charge in [-0.25, -0.2) is 0 Å². The summed E-state index contributed by atoms with van der Waals surface area (Å²) in [6.45, 7) is 2.39. The van der Waals surface area contributed by atoms with Crippen molar-refractivity contribution in [1.29, 1.82) is 0 Å². The van der Waals surface area contributed by atoms with Crippen LogP contribution in [0, 0.1) is 18.8 Å². The van der Waals surface area contributed by atoms with Crippen molar-refractivity contribution in [1.82, 2.24) is 15.2 Å². The van der Waals surface area contributed by atoms with E-state index in [1.165, 1.54) is 12.0 Å². The molecule has 3 aliphatic rings. The summed E-state index contributed by atoms with van der Waals surface area (Å²) in [5.41, 5.74) is 3.19. The Kier molecular flexibility index (Phi) is 4.65. The van der Waals surface area contributed by atoms with Crippen LogP contribution in [0.2, 0.25) is 0 Å². The van der Waals surface area contributed by atoms with Gasteiger partial charge in [-0.15, -0.1) is 0 Å². The first-order valence-electron chi connectivity index (χ1n) is 11.5. The predicted octanol–water partition coefficient (Wildman–Crippen LogP) is 2.09. The summed E-state index contributed by atoms with van der Waals surface area (Å²) < 4.78 is 5.15. The smallest absolute Gasteiger partial charge is 0.250 e. The van der Waals surface area contributed by atoms with Crippen molar-refractivity contribution in [2.75, 3.05) is 25.6 Å². The van der Waals surface area contributed by atoms with Crippen LogP contribution >= 0.6 is 0 Å². The van der Waals surface area contributed by atoms with Gasteiger partial charge in [0.1, 0.15) is 5.54 Å². The molecule has 4 heterocycles. The topological polar surface area (TPSA) is 104 Å². The average Bonchev–Trinajstić information content (AvgIpc) is 3.53. The van der Waals surface area contributed by atoms with Crippen LogP contribution in [0.15, 0.2) is 48.7 Å². The van der Waals surface area contributed by atoms with Gasteiger partial charge >= 0.3 is 0 Å². The lowest BCUT2D eigenvalue weighted by Crippen LogP contribution is -2.53. The number of imide groups is 1. The first-order valence-corrected chi connectivity index (χ1v) is 11.5. The third-order valence-corrected chi connectivity index (χ3v) is 7.60. The molecule has 2 saturated heterocycles. The summed E-state index contributed by atoms with van der Waals surface area (Å²) >= 11 is 0. The number of methoxy groups -OCH3 is 1. The molecule has 2 fully saturated rings. The molecule has 0 bridgehead atoms.